The largest absolute Gasteiger partial charge is 0.465 e. The third-order valence-corrected chi connectivity index (χ3v) is 4.31. The maximum Gasteiger partial charge on any atom is 0.339 e. The molecule has 1 aliphatic rings. The first-order chi connectivity index (χ1) is 12.4. The highest BCUT2D eigenvalue weighted by molar-refractivity contribution is 6.31. The topological polar surface area (TPSA) is 81.7 Å². The van der Waals surface area contributed by atoms with E-state index in [9.17, 15) is 14.4 Å². The molecule has 1 unspecified atom stereocenters. The lowest BCUT2D eigenvalue weighted by Gasteiger charge is -2.24. The van der Waals surface area contributed by atoms with Crippen LogP contribution in [-0.4, -0.2) is 31.1 Å². The van der Waals surface area contributed by atoms with Gasteiger partial charge in [0.25, 0.3) is 5.91 Å². The van der Waals surface area contributed by atoms with Crippen molar-refractivity contribution >= 4 is 35.1 Å². The number of halogens is 1. The van der Waals surface area contributed by atoms with Crippen LogP contribution in [0.1, 0.15) is 31.8 Å². The second-order valence-corrected chi connectivity index (χ2v) is 6.37. The Bertz CT molecular complexity index is 909. The Kier molecular flexibility index (Phi) is 4.95. The monoisotopic (exact) mass is 373 g/mol. The molecule has 1 heterocycles. The number of rotatable bonds is 3. The second kappa shape index (κ2) is 7.17. The second-order valence-electron chi connectivity index (χ2n) is 5.93. The highest BCUT2D eigenvalue weighted by Gasteiger charge is 2.32. The number of benzene rings is 2. The average Bonchev–Trinajstić information content (AvgIpc) is 2.60. The van der Waals surface area contributed by atoms with Gasteiger partial charge in [-0.2, -0.15) is 0 Å². The summed E-state index contributed by atoms with van der Waals surface area (Å²) < 4.78 is 9.95. The number of aryl methyl sites for hydroxylation is 1. The highest BCUT2D eigenvalue weighted by atomic mass is 35.5. The lowest BCUT2D eigenvalue weighted by atomic mass is 9.96. The molecule has 2 aromatic carbocycles. The van der Waals surface area contributed by atoms with Gasteiger partial charge in [0.05, 0.1) is 23.9 Å². The maximum absolute atomic E-state index is 12.6. The molecule has 1 N–H and O–H groups in total. The Labute approximate surface area is 155 Å². The number of fused-ring (bicyclic) bond motifs is 1. The predicted molar refractivity (Wildman–Crippen MR) is 95.5 cm³/mol. The van der Waals surface area contributed by atoms with Crippen molar-refractivity contribution in [2.75, 3.05) is 12.4 Å². The Hall–Kier alpha value is -2.86. The number of carbonyl (C=O) groups excluding carboxylic acids is 3. The summed E-state index contributed by atoms with van der Waals surface area (Å²) in [6, 6.07) is 9.77. The molecule has 0 aromatic heterocycles. The van der Waals surface area contributed by atoms with Gasteiger partial charge < -0.3 is 14.8 Å². The zero-order valence-electron chi connectivity index (χ0n) is 14.2. The van der Waals surface area contributed by atoms with Crippen LogP contribution in [0.5, 0.6) is 0 Å². The van der Waals surface area contributed by atoms with E-state index < -0.39 is 23.9 Å². The van der Waals surface area contributed by atoms with Gasteiger partial charge in [0.1, 0.15) is 0 Å². The zero-order chi connectivity index (χ0) is 18.8. The van der Waals surface area contributed by atoms with Crippen LogP contribution in [0.3, 0.4) is 0 Å². The summed E-state index contributed by atoms with van der Waals surface area (Å²) in [5.74, 6) is -1.71. The SMILES string of the molecule is COC(=O)c1ccc(Cl)cc1NC(=O)C1Cc2cc(C)ccc2C(=O)O1. The lowest BCUT2D eigenvalue weighted by molar-refractivity contribution is -0.125. The van der Waals surface area contributed by atoms with Crippen molar-refractivity contribution in [3.8, 4) is 0 Å². The van der Waals surface area contributed by atoms with Crippen molar-refractivity contribution in [2.45, 2.75) is 19.4 Å². The molecule has 7 heteroatoms. The van der Waals surface area contributed by atoms with Crippen molar-refractivity contribution < 1.29 is 23.9 Å². The van der Waals surface area contributed by atoms with E-state index in [1.54, 1.807) is 6.07 Å². The molecule has 0 spiro atoms. The van der Waals surface area contributed by atoms with Crippen molar-refractivity contribution in [1.29, 1.82) is 0 Å². The molecule has 0 fully saturated rings. The number of carbonyl (C=O) groups is 3. The number of cyclic esters (lactones) is 1. The molecule has 134 valence electrons. The Balaban J connectivity index is 1.84. The minimum atomic E-state index is -0.999. The van der Waals surface area contributed by atoms with Crippen LogP contribution in [0.2, 0.25) is 5.02 Å². The first kappa shape index (κ1) is 17.9. The van der Waals surface area contributed by atoms with E-state index >= 15 is 0 Å². The third-order valence-electron chi connectivity index (χ3n) is 4.07. The van der Waals surface area contributed by atoms with Gasteiger partial charge in [-0.05, 0) is 36.8 Å². The van der Waals surface area contributed by atoms with Crippen molar-refractivity contribution in [3.63, 3.8) is 0 Å². The van der Waals surface area contributed by atoms with Gasteiger partial charge in [0.2, 0.25) is 0 Å². The summed E-state index contributed by atoms with van der Waals surface area (Å²) in [5.41, 5.74) is 2.54. The smallest absolute Gasteiger partial charge is 0.339 e. The molecule has 0 saturated carbocycles. The van der Waals surface area contributed by atoms with E-state index in [2.05, 4.69) is 5.32 Å². The van der Waals surface area contributed by atoms with Gasteiger partial charge in [0, 0.05) is 11.4 Å². The van der Waals surface area contributed by atoms with E-state index in [1.807, 2.05) is 19.1 Å². The van der Waals surface area contributed by atoms with Crippen LogP contribution >= 0.6 is 11.6 Å². The molecule has 0 saturated heterocycles. The van der Waals surface area contributed by atoms with Gasteiger partial charge in [-0.25, -0.2) is 9.59 Å². The summed E-state index contributed by atoms with van der Waals surface area (Å²) in [7, 11) is 1.24. The third kappa shape index (κ3) is 3.55. The number of methoxy groups -OCH3 is 1. The first-order valence-electron chi connectivity index (χ1n) is 7.88. The Morgan fingerprint density at radius 3 is 2.73 bits per heavy atom. The van der Waals surface area contributed by atoms with Crippen molar-refractivity contribution in [2.24, 2.45) is 0 Å². The summed E-state index contributed by atoms with van der Waals surface area (Å²) in [6.45, 7) is 1.91. The Morgan fingerprint density at radius 2 is 2.00 bits per heavy atom. The average molecular weight is 374 g/mol. The van der Waals surface area contributed by atoms with Crippen LogP contribution in [-0.2, 0) is 20.7 Å². The Morgan fingerprint density at radius 1 is 1.23 bits per heavy atom. The standard InChI is InChI=1S/C19H16ClNO5/c1-10-3-5-13-11(7-10)8-16(26-19(13)24)17(22)21-15-9-12(20)4-6-14(15)18(23)25-2/h3-7,9,16H,8H2,1-2H3,(H,21,22). The maximum atomic E-state index is 12.6. The van der Waals surface area contributed by atoms with Gasteiger partial charge in [0.15, 0.2) is 6.10 Å². The lowest BCUT2D eigenvalue weighted by Crippen LogP contribution is -2.38. The molecule has 6 nitrogen and oxygen atoms in total. The molecule has 2 aromatic rings. The van der Waals surface area contributed by atoms with Crippen LogP contribution < -0.4 is 5.32 Å². The fraction of sp³-hybridized carbons (Fsp3) is 0.211. The van der Waals surface area contributed by atoms with Crippen molar-refractivity contribution in [3.05, 3.63) is 63.7 Å². The van der Waals surface area contributed by atoms with Crippen LogP contribution in [0.15, 0.2) is 36.4 Å². The molecule has 26 heavy (non-hydrogen) atoms. The summed E-state index contributed by atoms with van der Waals surface area (Å²) in [4.78, 5) is 36.6. The normalized spacial score (nSPS) is 15.7. The van der Waals surface area contributed by atoms with E-state index in [0.29, 0.717) is 10.6 Å². The predicted octanol–water partition coefficient (Wildman–Crippen LogP) is 3.16. The first-order valence-corrected chi connectivity index (χ1v) is 8.26. The number of esters is 2. The molecule has 1 atom stereocenters. The number of ether oxygens (including phenoxy) is 2. The fourth-order valence-electron chi connectivity index (χ4n) is 2.79. The van der Waals surface area contributed by atoms with Gasteiger partial charge in [-0.3, -0.25) is 4.79 Å². The minimum absolute atomic E-state index is 0.156. The molecule has 0 radical (unpaired) electrons. The van der Waals surface area contributed by atoms with Crippen LogP contribution in [0.4, 0.5) is 5.69 Å². The highest BCUT2D eigenvalue weighted by Crippen LogP contribution is 2.25. The number of hydrogen-bond acceptors (Lipinski definition) is 5. The van der Waals surface area contributed by atoms with E-state index in [0.717, 1.165) is 11.1 Å². The van der Waals surface area contributed by atoms with Crippen LogP contribution in [0.25, 0.3) is 0 Å². The molecule has 0 bridgehead atoms. The summed E-state index contributed by atoms with van der Waals surface area (Å²) >= 11 is 5.95. The number of nitrogens with one attached hydrogen (secondary N) is 1. The number of hydrogen-bond donors (Lipinski definition) is 1. The molecule has 3 rings (SSSR count). The van der Waals surface area contributed by atoms with Crippen LogP contribution in [0, 0.1) is 6.92 Å². The number of amides is 1. The van der Waals surface area contributed by atoms with Gasteiger partial charge in [-0.1, -0.05) is 29.3 Å². The van der Waals surface area contributed by atoms with Gasteiger partial charge in [-0.15, -0.1) is 0 Å². The van der Waals surface area contributed by atoms with E-state index in [1.165, 1.54) is 25.3 Å². The molecular weight excluding hydrogens is 358 g/mol. The molecule has 1 amide bonds. The van der Waals surface area contributed by atoms with Crippen molar-refractivity contribution in [1.82, 2.24) is 0 Å². The zero-order valence-corrected chi connectivity index (χ0v) is 14.9. The quantitative estimate of drug-likeness (QED) is 0.836. The molecule has 1 aliphatic heterocycles. The summed E-state index contributed by atoms with van der Waals surface area (Å²) in [6.07, 6.45) is -0.746. The summed E-state index contributed by atoms with van der Waals surface area (Å²) in [5, 5.41) is 2.94. The van der Waals surface area contributed by atoms with E-state index in [4.69, 9.17) is 21.1 Å². The fourth-order valence-corrected chi connectivity index (χ4v) is 2.96. The molecular formula is C19H16ClNO5. The molecule has 0 aliphatic carbocycles. The van der Waals surface area contributed by atoms with Gasteiger partial charge >= 0.3 is 11.9 Å². The minimum Gasteiger partial charge on any atom is -0.465 e. The van der Waals surface area contributed by atoms with E-state index in [-0.39, 0.29) is 17.7 Å². The number of anilines is 1.